The van der Waals surface area contributed by atoms with Crippen LogP contribution in [0.5, 0.6) is 0 Å². The van der Waals surface area contributed by atoms with Gasteiger partial charge in [-0.05, 0) is 46.0 Å². The van der Waals surface area contributed by atoms with Gasteiger partial charge in [-0.25, -0.2) is 4.98 Å². The topological polar surface area (TPSA) is 16.1 Å². The van der Waals surface area contributed by atoms with Crippen molar-refractivity contribution >= 4 is 34.7 Å². The van der Waals surface area contributed by atoms with Crippen molar-refractivity contribution in [3.05, 3.63) is 16.1 Å². The zero-order valence-corrected chi connectivity index (χ0v) is 13.9. The number of thiazole rings is 1. The summed E-state index contributed by atoms with van der Waals surface area (Å²) < 4.78 is 0. The first-order valence-corrected chi connectivity index (χ1v) is 9.16. The predicted molar refractivity (Wildman–Crippen MR) is 85.1 cm³/mol. The Balaban J connectivity index is 2.14. The zero-order valence-electron chi connectivity index (χ0n) is 11.5. The quantitative estimate of drug-likeness (QED) is 0.509. The van der Waals surface area contributed by atoms with E-state index in [0.29, 0.717) is 11.9 Å². The summed E-state index contributed by atoms with van der Waals surface area (Å²) in [6.45, 7) is 3.47. The smallest absolute Gasteiger partial charge is 0.0928 e. The fourth-order valence-corrected chi connectivity index (χ4v) is 3.56. The van der Waals surface area contributed by atoms with Gasteiger partial charge in [0.05, 0.1) is 16.6 Å². The number of hydrogen-bond donors (Lipinski definition) is 0. The van der Waals surface area contributed by atoms with Gasteiger partial charge in [0.1, 0.15) is 0 Å². The molecule has 0 saturated heterocycles. The minimum Gasteiger partial charge on any atom is -0.303 e. The molecule has 5 heteroatoms. The lowest BCUT2D eigenvalue weighted by atomic mass is 10.2. The van der Waals surface area contributed by atoms with Crippen LogP contribution < -0.4 is 0 Å². The zero-order chi connectivity index (χ0) is 13.4. The highest BCUT2D eigenvalue weighted by Gasteiger charge is 2.08. The van der Waals surface area contributed by atoms with E-state index in [1.165, 1.54) is 30.1 Å². The van der Waals surface area contributed by atoms with Gasteiger partial charge in [-0.15, -0.1) is 22.9 Å². The van der Waals surface area contributed by atoms with E-state index in [-0.39, 0.29) is 0 Å². The van der Waals surface area contributed by atoms with Crippen molar-refractivity contribution in [2.45, 2.75) is 38.1 Å². The SMILES string of the molecule is CSCC(C)N(C)CCCCc1nc(CCl)cs1. The van der Waals surface area contributed by atoms with Crippen LogP contribution in [-0.4, -0.2) is 41.5 Å². The molecule has 0 saturated carbocycles. The molecule has 0 aliphatic carbocycles. The Morgan fingerprint density at radius 3 is 2.89 bits per heavy atom. The van der Waals surface area contributed by atoms with E-state index in [2.05, 4.69) is 35.5 Å². The van der Waals surface area contributed by atoms with Gasteiger partial charge in [0.25, 0.3) is 0 Å². The fourth-order valence-electron chi connectivity index (χ4n) is 1.75. The van der Waals surface area contributed by atoms with Gasteiger partial charge in [-0.3, -0.25) is 0 Å². The van der Waals surface area contributed by atoms with E-state index in [1.807, 2.05) is 11.8 Å². The van der Waals surface area contributed by atoms with Crippen molar-refractivity contribution in [2.75, 3.05) is 25.6 Å². The summed E-state index contributed by atoms with van der Waals surface area (Å²) in [4.78, 5) is 6.93. The lowest BCUT2D eigenvalue weighted by Crippen LogP contribution is -2.31. The van der Waals surface area contributed by atoms with Gasteiger partial charge in [0.15, 0.2) is 0 Å². The van der Waals surface area contributed by atoms with Crippen LogP contribution in [0.2, 0.25) is 0 Å². The van der Waals surface area contributed by atoms with Crippen LogP contribution >= 0.6 is 34.7 Å². The Kier molecular flexibility index (Phi) is 8.31. The number of nitrogens with zero attached hydrogens (tertiary/aromatic N) is 2. The van der Waals surface area contributed by atoms with Crippen molar-refractivity contribution in [1.82, 2.24) is 9.88 Å². The summed E-state index contributed by atoms with van der Waals surface area (Å²) >= 11 is 9.39. The van der Waals surface area contributed by atoms with Crippen molar-refractivity contribution in [1.29, 1.82) is 0 Å². The number of aryl methyl sites for hydroxylation is 1. The molecule has 2 nitrogen and oxygen atoms in total. The molecule has 0 fully saturated rings. The molecule has 18 heavy (non-hydrogen) atoms. The average molecular weight is 307 g/mol. The second-order valence-electron chi connectivity index (χ2n) is 4.61. The molecule has 0 aliphatic rings. The summed E-state index contributed by atoms with van der Waals surface area (Å²) in [6, 6.07) is 0.669. The van der Waals surface area contributed by atoms with Crippen LogP contribution in [0.25, 0.3) is 0 Å². The Bertz CT molecular complexity index is 331. The third kappa shape index (κ3) is 5.91. The van der Waals surface area contributed by atoms with Crippen molar-refractivity contribution in [2.24, 2.45) is 0 Å². The molecule has 1 heterocycles. The van der Waals surface area contributed by atoms with E-state index in [4.69, 9.17) is 11.6 Å². The van der Waals surface area contributed by atoms with E-state index in [0.717, 1.165) is 12.1 Å². The lowest BCUT2D eigenvalue weighted by Gasteiger charge is -2.23. The lowest BCUT2D eigenvalue weighted by molar-refractivity contribution is 0.272. The van der Waals surface area contributed by atoms with Crippen molar-refractivity contribution < 1.29 is 0 Å². The molecule has 0 bridgehead atoms. The number of thioether (sulfide) groups is 1. The Morgan fingerprint density at radius 2 is 2.28 bits per heavy atom. The first kappa shape index (κ1) is 16.3. The predicted octanol–water partition coefficient (Wildman–Crippen LogP) is 3.89. The largest absolute Gasteiger partial charge is 0.303 e. The Morgan fingerprint density at radius 1 is 1.50 bits per heavy atom. The minimum atomic E-state index is 0.533. The first-order valence-electron chi connectivity index (χ1n) is 6.35. The molecule has 1 atom stereocenters. The van der Waals surface area contributed by atoms with Crippen LogP contribution in [0.4, 0.5) is 0 Å². The van der Waals surface area contributed by atoms with Gasteiger partial charge < -0.3 is 4.90 Å². The highest BCUT2D eigenvalue weighted by atomic mass is 35.5. The first-order chi connectivity index (χ1) is 8.67. The standard InChI is InChI=1S/C13H23ClN2S2/c1-11(9-17-3)16(2)7-5-4-6-13-15-12(8-14)10-18-13/h10-11H,4-9H2,1-3H3. The van der Waals surface area contributed by atoms with Crippen LogP contribution in [0.1, 0.15) is 30.5 Å². The van der Waals surface area contributed by atoms with Gasteiger partial charge >= 0.3 is 0 Å². The Hall–Kier alpha value is 0.230. The molecule has 104 valence electrons. The molecule has 0 radical (unpaired) electrons. The molecule has 0 spiro atoms. The highest BCUT2D eigenvalue weighted by molar-refractivity contribution is 7.98. The van der Waals surface area contributed by atoms with E-state index in [1.54, 1.807) is 11.3 Å². The summed E-state index contributed by atoms with van der Waals surface area (Å²) in [5, 5.41) is 3.29. The molecule has 1 rings (SSSR count). The van der Waals surface area contributed by atoms with Crippen LogP contribution in [0, 0.1) is 0 Å². The van der Waals surface area contributed by atoms with Crippen LogP contribution in [0.15, 0.2) is 5.38 Å². The summed E-state index contributed by atoms with van der Waals surface area (Å²) in [5.41, 5.74) is 1.02. The second-order valence-corrected chi connectivity index (χ2v) is 6.73. The normalized spacial score (nSPS) is 13.2. The van der Waals surface area contributed by atoms with E-state index >= 15 is 0 Å². The highest BCUT2D eigenvalue weighted by Crippen LogP contribution is 2.14. The monoisotopic (exact) mass is 306 g/mol. The number of rotatable bonds is 9. The summed E-state index contributed by atoms with van der Waals surface area (Å²) in [5.74, 6) is 1.74. The molecule has 1 aromatic rings. The van der Waals surface area contributed by atoms with Crippen LogP contribution in [0.3, 0.4) is 0 Å². The van der Waals surface area contributed by atoms with Gasteiger partial charge in [-0.1, -0.05) is 0 Å². The maximum Gasteiger partial charge on any atom is 0.0928 e. The fraction of sp³-hybridized carbons (Fsp3) is 0.769. The van der Waals surface area contributed by atoms with Crippen molar-refractivity contribution in [3.63, 3.8) is 0 Å². The maximum atomic E-state index is 5.74. The third-order valence-electron chi connectivity index (χ3n) is 3.05. The molecular weight excluding hydrogens is 284 g/mol. The number of unbranched alkanes of at least 4 members (excludes halogenated alkanes) is 1. The van der Waals surface area contributed by atoms with E-state index < -0.39 is 0 Å². The van der Waals surface area contributed by atoms with Gasteiger partial charge in [0.2, 0.25) is 0 Å². The van der Waals surface area contributed by atoms with Crippen LogP contribution in [-0.2, 0) is 12.3 Å². The number of hydrogen-bond acceptors (Lipinski definition) is 4. The van der Waals surface area contributed by atoms with Gasteiger partial charge in [-0.2, -0.15) is 11.8 Å². The molecule has 0 amide bonds. The molecular formula is C13H23ClN2S2. The molecule has 0 N–H and O–H groups in total. The average Bonchev–Trinajstić information content (AvgIpc) is 2.82. The number of halogens is 1. The van der Waals surface area contributed by atoms with E-state index in [9.17, 15) is 0 Å². The minimum absolute atomic E-state index is 0.533. The summed E-state index contributed by atoms with van der Waals surface area (Å²) in [7, 11) is 2.22. The summed E-state index contributed by atoms with van der Waals surface area (Å²) in [6.07, 6.45) is 5.71. The second kappa shape index (κ2) is 9.18. The van der Waals surface area contributed by atoms with Gasteiger partial charge in [0, 0.05) is 17.2 Å². The van der Waals surface area contributed by atoms with Crippen molar-refractivity contribution in [3.8, 4) is 0 Å². The third-order valence-corrected chi connectivity index (χ3v) is 5.09. The Labute approximate surface area is 124 Å². The number of aromatic nitrogens is 1. The molecule has 1 aromatic heterocycles. The molecule has 0 aliphatic heterocycles. The maximum absolute atomic E-state index is 5.74. The molecule has 1 unspecified atom stereocenters. The molecule has 0 aromatic carbocycles. The number of alkyl halides is 1.